The van der Waals surface area contributed by atoms with Gasteiger partial charge in [0, 0.05) is 5.56 Å². The zero-order valence-electron chi connectivity index (χ0n) is 13.3. The monoisotopic (exact) mass is 302 g/mol. The lowest BCUT2D eigenvalue weighted by atomic mass is 9.95. The van der Waals surface area contributed by atoms with Crippen molar-refractivity contribution < 1.29 is 19.7 Å². The van der Waals surface area contributed by atoms with Crippen LogP contribution >= 0.6 is 0 Å². The van der Waals surface area contributed by atoms with E-state index >= 15 is 0 Å². The summed E-state index contributed by atoms with van der Waals surface area (Å²) in [5.74, 6) is 1.20. The lowest BCUT2D eigenvalue weighted by Gasteiger charge is -2.22. The standard InChI is InChI=1S/C18H22O4/c1-11-5-6-16(22-4)15(9-11)18(20)17(19)13-7-12(2)8-14(10-13)21-3/h5-10,17-20H,1-4H3. The van der Waals surface area contributed by atoms with Crippen molar-refractivity contribution >= 4 is 0 Å². The van der Waals surface area contributed by atoms with Gasteiger partial charge in [-0.1, -0.05) is 17.7 Å². The molecule has 118 valence electrons. The molecule has 0 aromatic heterocycles. The van der Waals surface area contributed by atoms with Gasteiger partial charge in [-0.05, 0) is 49.2 Å². The van der Waals surface area contributed by atoms with E-state index in [0.717, 1.165) is 11.1 Å². The van der Waals surface area contributed by atoms with Crippen LogP contribution in [0, 0.1) is 13.8 Å². The quantitative estimate of drug-likeness (QED) is 0.891. The van der Waals surface area contributed by atoms with Crippen LogP contribution in [0.1, 0.15) is 34.5 Å². The Balaban J connectivity index is 2.38. The number of hydrogen-bond donors (Lipinski definition) is 2. The van der Waals surface area contributed by atoms with E-state index < -0.39 is 12.2 Å². The van der Waals surface area contributed by atoms with Gasteiger partial charge < -0.3 is 19.7 Å². The number of hydrogen-bond acceptors (Lipinski definition) is 4. The van der Waals surface area contributed by atoms with Gasteiger partial charge in [-0.15, -0.1) is 0 Å². The van der Waals surface area contributed by atoms with Crippen LogP contribution in [-0.4, -0.2) is 24.4 Å². The van der Waals surface area contributed by atoms with Gasteiger partial charge in [0.15, 0.2) is 0 Å². The Bertz CT molecular complexity index is 652. The number of rotatable bonds is 5. The largest absolute Gasteiger partial charge is 0.497 e. The number of aliphatic hydroxyl groups excluding tert-OH is 2. The molecule has 0 heterocycles. The minimum absolute atomic E-state index is 0.553. The highest BCUT2D eigenvalue weighted by Crippen LogP contribution is 2.36. The molecule has 0 saturated carbocycles. The van der Waals surface area contributed by atoms with E-state index in [2.05, 4.69) is 0 Å². The molecule has 22 heavy (non-hydrogen) atoms. The average Bonchev–Trinajstić information content (AvgIpc) is 2.52. The molecular weight excluding hydrogens is 280 g/mol. The average molecular weight is 302 g/mol. The zero-order chi connectivity index (χ0) is 16.3. The van der Waals surface area contributed by atoms with Crippen LogP contribution in [0.15, 0.2) is 36.4 Å². The van der Waals surface area contributed by atoms with Crippen molar-refractivity contribution in [3.05, 3.63) is 58.7 Å². The van der Waals surface area contributed by atoms with E-state index in [-0.39, 0.29) is 0 Å². The van der Waals surface area contributed by atoms with Crippen LogP contribution in [0.2, 0.25) is 0 Å². The Morgan fingerprint density at radius 3 is 2.18 bits per heavy atom. The van der Waals surface area contributed by atoms with E-state index in [1.54, 1.807) is 26.4 Å². The van der Waals surface area contributed by atoms with Crippen LogP contribution in [0.25, 0.3) is 0 Å². The molecule has 0 saturated heterocycles. The van der Waals surface area contributed by atoms with Crippen molar-refractivity contribution in [1.82, 2.24) is 0 Å². The van der Waals surface area contributed by atoms with E-state index in [0.29, 0.717) is 22.6 Å². The SMILES string of the molecule is COc1cc(C)cc(C(O)C(O)c2cc(C)ccc2OC)c1. The Kier molecular flexibility index (Phi) is 5.06. The van der Waals surface area contributed by atoms with E-state index in [9.17, 15) is 10.2 Å². The maximum Gasteiger partial charge on any atom is 0.124 e. The predicted molar refractivity (Wildman–Crippen MR) is 85.4 cm³/mol. The van der Waals surface area contributed by atoms with Crippen LogP contribution in [-0.2, 0) is 0 Å². The van der Waals surface area contributed by atoms with Crippen molar-refractivity contribution in [3.63, 3.8) is 0 Å². The van der Waals surface area contributed by atoms with Crippen LogP contribution in [0.5, 0.6) is 11.5 Å². The first-order valence-electron chi connectivity index (χ1n) is 7.12. The molecule has 2 aromatic rings. The molecular formula is C18H22O4. The van der Waals surface area contributed by atoms with Crippen molar-refractivity contribution in [2.75, 3.05) is 14.2 Å². The molecule has 4 heteroatoms. The van der Waals surface area contributed by atoms with Crippen molar-refractivity contribution in [3.8, 4) is 11.5 Å². The number of methoxy groups -OCH3 is 2. The van der Waals surface area contributed by atoms with Gasteiger partial charge in [-0.25, -0.2) is 0 Å². The molecule has 0 spiro atoms. The summed E-state index contributed by atoms with van der Waals surface area (Å²) < 4.78 is 10.5. The number of aryl methyl sites for hydroxylation is 2. The fourth-order valence-electron chi connectivity index (χ4n) is 2.50. The number of benzene rings is 2. The third-order valence-electron chi connectivity index (χ3n) is 3.65. The third-order valence-corrected chi connectivity index (χ3v) is 3.65. The van der Waals surface area contributed by atoms with Crippen molar-refractivity contribution in [1.29, 1.82) is 0 Å². The Morgan fingerprint density at radius 1 is 0.818 bits per heavy atom. The minimum Gasteiger partial charge on any atom is -0.497 e. The predicted octanol–water partition coefficient (Wildman–Crippen LogP) is 3.09. The normalized spacial score (nSPS) is 13.5. The summed E-state index contributed by atoms with van der Waals surface area (Å²) in [5, 5.41) is 21.1. The van der Waals surface area contributed by atoms with Crippen molar-refractivity contribution in [2.45, 2.75) is 26.1 Å². The van der Waals surface area contributed by atoms with Crippen LogP contribution < -0.4 is 9.47 Å². The fourth-order valence-corrected chi connectivity index (χ4v) is 2.50. The molecule has 2 aromatic carbocycles. The van der Waals surface area contributed by atoms with E-state index in [4.69, 9.17) is 9.47 Å². The summed E-state index contributed by atoms with van der Waals surface area (Å²) in [4.78, 5) is 0. The van der Waals surface area contributed by atoms with E-state index in [1.807, 2.05) is 38.1 Å². The van der Waals surface area contributed by atoms with Gasteiger partial charge in [0.25, 0.3) is 0 Å². The van der Waals surface area contributed by atoms with Gasteiger partial charge in [-0.2, -0.15) is 0 Å². The summed E-state index contributed by atoms with van der Waals surface area (Å²) in [6.45, 7) is 3.84. The molecule has 2 rings (SSSR count). The first kappa shape index (κ1) is 16.3. The van der Waals surface area contributed by atoms with Gasteiger partial charge in [0.2, 0.25) is 0 Å². The first-order valence-corrected chi connectivity index (χ1v) is 7.12. The number of aliphatic hydroxyl groups is 2. The highest BCUT2D eigenvalue weighted by Gasteiger charge is 2.24. The smallest absolute Gasteiger partial charge is 0.124 e. The minimum atomic E-state index is -1.08. The summed E-state index contributed by atoms with van der Waals surface area (Å²) in [7, 11) is 3.12. The maximum absolute atomic E-state index is 10.6. The van der Waals surface area contributed by atoms with Crippen LogP contribution in [0.4, 0.5) is 0 Å². The Hall–Kier alpha value is -2.04. The topological polar surface area (TPSA) is 58.9 Å². The highest BCUT2D eigenvalue weighted by atomic mass is 16.5. The second kappa shape index (κ2) is 6.81. The molecule has 0 aliphatic carbocycles. The Morgan fingerprint density at radius 2 is 1.55 bits per heavy atom. The molecule has 0 radical (unpaired) electrons. The third kappa shape index (κ3) is 3.40. The second-order valence-electron chi connectivity index (χ2n) is 5.42. The molecule has 0 amide bonds. The molecule has 2 unspecified atom stereocenters. The first-order chi connectivity index (χ1) is 10.5. The summed E-state index contributed by atoms with van der Waals surface area (Å²) in [6.07, 6.45) is -2.15. The lowest BCUT2D eigenvalue weighted by molar-refractivity contribution is 0.0157. The fraction of sp³-hybridized carbons (Fsp3) is 0.333. The number of ether oxygens (including phenoxy) is 2. The van der Waals surface area contributed by atoms with Gasteiger partial charge in [0.05, 0.1) is 14.2 Å². The molecule has 0 aliphatic heterocycles. The zero-order valence-corrected chi connectivity index (χ0v) is 13.3. The molecule has 0 fully saturated rings. The van der Waals surface area contributed by atoms with Crippen LogP contribution in [0.3, 0.4) is 0 Å². The molecule has 0 aliphatic rings. The van der Waals surface area contributed by atoms with Gasteiger partial charge in [0.1, 0.15) is 23.7 Å². The summed E-state index contributed by atoms with van der Waals surface area (Å²) in [6, 6.07) is 10.9. The van der Waals surface area contributed by atoms with E-state index in [1.165, 1.54) is 0 Å². The van der Waals surface area contributed by atoms with Crippen molar-refractivity contribution in [2.24, 2.45) is 0 Å². The summed E-state index contributed by atoms with van der Waals surface area (Å²) >= 11 is 0. The molecule has 2 atom stereocenters. The molecule has 0 bridgehead atoms. The maximum atomic E-state index is 10.6. The second-order valence-corrected chi connectivity index (χ2v) is 5.42. The molecule has 2 N–H and O–H groups in total. The summed E-state index contributed by atoms with van der Waals surface area (Å²) in [5.41, 5.74) is 3.11. The van der Waals surface area contributed by atoms with Gasteiger partial charge in [-0.3, -0.25) is 0 Å². The Labute approximate surface area is 130 Å². The van der Waals surface area contributed by atoms with Gasteiger partial charge >= 0.3 is 0 Å². The lowest BCUT2D eigenvalue weighted by Crippen LogP contribution is -2.12. The molecule has 4 nitrogen and oxygen atoms in total. The highest BCUT2D eigenvalue weighted by molar-refractivity contribution is 5.41.